The highest BCUT2D eigenvalue weighted by Crippen LogP contribution is 2.22. The number of rotatable bonds is 5. The highest BCUT2D eigenvalue weighted by atomic mass is 35.5. The van der Waals surface area contributed by atoms with Gasteiger partial charge in [0, 0.05) is 29.7 Å². The lowest BCUT2D eigenvalue weighted by molar-refractivity contribution is 0.406. The minimum Gasteiger partial charge on any atom is -0.496 e. The lowest BCUT2D eigenvalue weighted by atomic mass is 10.2. The van der Waals surface area contributed by atoms with Crippen LogP contribution in [0.5, 0.6) is 5.75 Å². The maximum atomic E-state index is 5.91. The SMILES string of the molecule is COc1ccc(Cl)cc1CNC(C)CN. The first-order chi connectivity index (χ1) is 7.17. The molecule has 0 fully saturated rings. The van der Waals surface area contributed by atoms with Crippen LogP contribution in [0.4, 0.5) is 0 Å². The minimum absolute atomic E-state index is 0.286. The van der Waals surface area contributed by atoms with E-state index in [0.29, 0.717) is 18.1 Å². The summed E-state index contributed by atoms with van der Waals surface area (Å²) in [5.74, 6) is 0.844. The molecule has 1 rings (SSSR count). The number of benzene rings is 1. The summed E-state index contributed by atoms with van der Waals surface area (Å²) in [5.41, 5.74) is 6.56. The van der Waals surface area contributed by atoms with E-state index in [9.17, 15) is 0 Å². The molecule has 0 aliphatic heterocycles. The monoisotopic (exact) mass is 228 g/mol. The highest BCUT2D eigenvalue weighted by molar-refractivity contribution is 6.30. The number of hydrogen-bond donors (Lipinski definition) is 2. The van der Waals surface area contributed by atoms with Gasteiger partial charge in [-0.1, -0.05) is 11.6 Å². The zero-order valence-electron chi connectivity index (χ0n) is 9.09. The van der Waals surface area contributed by atoms with Crippen molar-refractivity contribution < 1.29 is 4.74 Å². The smallest absolute Gasteiger partial charge is 0.123 e. The third-order valence-corrected chi connectivity index (χ3v) is 2.47. The Morgan fingerprint density at radius 3 is 2.87 bits per heavy atom. The van der Waals surface area contributed by atoms with E-state index in [1.807, 2.05) is 25.1 Å². The molecule has 3 N–H and O–H groups in total. The maximum absolute atomic E-state index is 5.91. The summed E-state index contributed by atoms with van der Waals surface area (Å²) in [4.78, 5) is 0. The lowest BCUT2D eigenvalue weighted by Gasteiger charge is -2.13. The van der Waals surface area contributed by atoms with Gasteiger partial charge in [-0.05, 0) is 25.1 Å². The summed E-state index contributed by atoms with van der Waals surface area (Å²) < 4.78 is 5.24. The molecule has 0 saturated heterocycles. The summed E-state index contributed by atoms with van der Waals surface area (Å²) in [6.45, 7) is 3.36. The second kappa shape index (κ2) is 5.95. The molecular weight excluding hydrogens is 212 g/mol. The van der Waals surface area contributed by atoms with Crippen LogP contribution in [0, 0.1) is 0 Å². The van der Waals surface area contributed by atoms with Crippen molar-refractivity contribution in [3.05, 3.63) is 28.8 Å². The van der Waals surface area contributed by atoms with Crippen LogP contribution >= 0.6 is 11.6 Å². The van der Waals surface area contributed by atoms with Crippen molar-refractivity contribution in [1.82, 2.24) is 5.32 Å². The van der Waals surface area contributed by atoms with Crippen molar-refractivity contribution >= 4 is 11.6 Å². The van der Waals surface area contributed by atoms with E-state index in [1.165, 1.54) is 0 Å². The van der Waals surface area contributed by atoms with E-state index in [-0.39, 0.29) is 6.04 Å². The van der Waals surface area contributed by atoms with Gasteiger partial charge in [0.05, 0.1) is 7.11 Å². The maximum Gasteiger partial charge on any atom is 0.123 e. The Morgan fingerprint density at radius 2 is 2.27 bits per heavy atom. The summed E-state index contributed by atoms with van der Waals surface area (Å²) in [6, 6.07) is 5.87. The second-order valence-corrected chi connectivity index (χ2v) is 3.91. The average Bonchev–Trinajstić information content (AvgIpc) is 2.26. The third-order valence-electron chi connectivity index (χ3n) is 2.24. The second-order valence-electron chi connectivity index (χ2n) is 3.47. The van der Waals surface area contributed by atoms with Gasteiger partial charge >= 0.3 is 0 Å². The van der Waals surface area contributed by atoms with Crippen molar-refractivity contribution in [2.24, 2.45) is 5.73 Å². The van der Waals surface area contributed by atoms with Crippen molar-refractivity contribution in [2.45, 2.75) is 19.5 Å². The number of methoxy groups -OCH3 is 1. The quantitative estimate of drug-likeness (QED) is 0.808. The van der Waals surface area contributed by atoms with E-state index >= 15 is 0 Å². The first kappa shape index (κ1) is 12.3. The normalized spacial score (nSPS) is 12.5. The molecule has 84 valence electrons. The molecule has 15 heavy (non-hydrogen) atoms. The standard InChI is InChI=1S/C11H17ClN2O/c1-8(6-13)14-7-9-5-10(12)3-4-11(9)15-2/h3-5,8,14H,6-7,13H2,1-2H3. The Kier molecular flexibility index (Phi) is 4.88. The Hall–Kier alpha value is -0.770. The summed E-state index contributed by atoms with van der Waals surface area (Å²) in [6.07, 6.45) is 0. The van der Waals surface area contributed by atoms with Crippen LogP contribution in [0.1, 0.15) is 12.5 Å². The molecule has 1 aromatic rings. The Balaban J connectivity index is 2.69. The number of nitrogens with two attached hydrogens (primary N) is 1. The van der Waals surface area contributed by atoms with Crippen LogP contribution in [0.3, 0.4) is 0 Å². The lowest BCUT2D eigenvalue weighted by Crippen LogP contribution is -2.32. The van der Waals surface area contributed by atoms with Crippen molar-refractivity contribution in [1.29, 1.82) is 0 Å². The largest absolute Gasteiger partial charge is 0.496 e. The van der Waals surface area contributed by atoms with Crippen LogP contribution in [0.25, 0.3) is 0 Å². The third kappa shape index (κ3) is 3.70. The molecule has 1 atom stereocenters. The summed E-state index contributed by atoms with van der Waals surface area (Å²) in [5, 5.41) is 4.00. The van der Waals surface area contributed by atoms with E-state index in [2.05, 4.69) is 5.32 Å². The predicted molar refractivity (Wildman–Crippen MR) is 63.4 cm³/mol. The summed E-state index contributed by atoms with van der Waals surface area (Å²) in [7, 11) is 1.65. The van der Waals surface area contributed by atoms with Crippen LogP contribution < -0.4 is 15.8 Å². The van der Waals surface area contributed by atoms with Gasteiger partial charge in [0.25, 0.3) is 0 Å². The first-order valence-corrected chi connectivity index (χ1v) is 5.31. The number of nitrogens with one attached hydrogen (secondary N) is 1. The average molecular weight is 229 g/mol. The molecule has 3 nitrogen and oxygen atoms in total. The molecule has 0 aliphatic rings. The predicted octanol–water partition coefficient (Wildman–Crippen LogP) is 1.79. The van der Waals surface area contributed by atoms with Gasteiger partial charge in [0.1, 0.15) is 5.75 Å². The van der Waals surface area contributed by atoms with Crippen molar-refractivity contribution in [3.63, 3.8) is 0 Å². The van der Waals surface area contributed by atoms with Gasteiger partial charge in [0.15, 0.2) is 0 Å². The van der Waals surface area contributed by atoms with E-state index < -0.39 is 0 Å². The molecule has 0 aliphatic carbocycles. The molecule has 1 unspecified atom stereocenters. The van der Waals surface area contributed by atoms with Gasteiger partial charge < -0.3 is 15.8 Å². The zero-order valence-corrected chi connectivity index (χ0v) is 9.84. The topological polar surface area (TPSA) is 47.3 Å². The van der Waals surface area contributed by atoms with E-state index in [1.54, 1.807) is 7.11 Å². The fourth-order valence-electron chi connectivity index (χ4n) is 1.25. The van der Waals surface area contributed by atoms with Crippen molar-refractivity contribution in [2.75, 3.05) is 13.7 Å². The van der Waals surface area contributed by atoms with Gasteiger partial charge in [0.2, 0.25) is 0 Å². The molecule has 4 heteroatoms. The van der Waals surface area contributed by atoms with E-state index in [0.717, 1.165) is 11.3 Å². The molecule has 0 aromatic heterocycles. The molecule has 1 aromatic carbocycles. The minimum atomic E-state index is 0.286. The molecule has 0 bridgehead atoms. The molecule has 0 amide bonds. The van der Waals surface area contributed by atoms with Gasteiger partial charge in [-0.3, -0.25) is 0 Å². The molecular formula is C11H17ClN2O. The van der Waals surface area contributed by atoms with Gasteiger partial charge in [-0.15, -0.1) is 0 Å². The zero-order chi connectivity index (χ0) is 11.3. The van der Waals surface area contributed by atoms with E-state index in [4.69, 9.17) is 22.1 Å². The molecule has 0 radical (unpaired) electrons. The summed E-state index contributed by atoms with van der Waals surface area (Å²) >= 11 is 5.91. The molecule has 0 heterocycles. The van der Waals surface area contributed by atoms with Crippen LogP contribution in [0.2, 0.25) is 5.02 Å². The Labute approximate surface area is 95.6 Å². The first-order valence-electron chi connectivity index (χ1n) is 4.93. The number of ether oxygens (including phenoxy) is 1. The molecule has 0 spiro atoms. The molecule has 0 saturated carbocycles. The van der Waals surface area contributed by atoms with Crippen LogP contribution in [0.15, 0.2) is 18.2 Å². The number of hydrogen-bond acceptors (Lipinski definition) is 3. The fraction of sp³-hybridized carbons (Fsp3) is 0.455. The van der Waals surface area contributed by atoms with Crippen LogP contribution in [-0.2, 0) is 6.54 Å². The Morgan fingerprint density at radius 1 is 1.53 bits per heavy atom. The van der Waals surface area contributed by atoms with Gasteiger partial charge in [-0.25, -0.2) is 0 Å². The van der Waals surface area contributed by atoms with Gasteiger partial charge in [-0.2, -0.15) is 0 Å². The van der Waals surface area contributed by atoms with Crippen molar-refractivity contribution in [3.8, 4) is 5.75 Å². The highest BCUT2D eigenvalue weighted by Gasteiger charge is 2.05. The fourth-order valence-corrected chi connectivity index (χ4v) is 1.45. The van der Waals surface area contributed by atoms with Crippen LogP contribution in [-0.4, -0.2) is 19.7 Å². The number of halogens is 1. The Bertz CT molecular complexity index is 317.